The van der Waals surface area contributed by atoms with Crippen LogP contribution in [0.25, 0.3) is 16.9 Å². The minimum absolute atomic E-state index is 0.581. The number of methoxy groups -OCH3 is 3. The van der Waals surface area contributed by atoms with E-state index in [4.69, 9.17) is 19.3 Å². The quantitative estimate of drug-likeness (QED) is 0.722. The molecule has 0 aliphatic carbocycles. The minimum Gasteiger partial charge on any atom is -0.493 e. The summed E-state index contributed by atoms with van der Waals surface area (Å²) in [5.41, 5.74) is 6.58. The number of ether oxygens (including phenoxy) is 3. The lowest BCUT2D eigenvalue weighted by atomic mass is 10.1. The van der Waals surface area contributed by atoms with Crippen LogP contribution in [0, 0.1) is 13.8 Å². The summed E-state index contributed by atoms with van der Waals surface area (Å²) in [4.78, 5) is 0. The van der Waals surface area contributed by atoms with Crippen LogP contribution in [0.5, 0.6) is 17.2 Å². The molecule has 1 N–H and O–H groups in total. The molecule has 0 fully saturated rings. The Bertz CT molecular complexity index is 1010. The van der Waals surface area contributed by atoms with Crippen molar-refractivity contribution < 1.29 is 14.2 Å². The highest BCUT2D eigenvalue weighted by atomic mass is 16.5. The molecule has 0 amide bonds. The van der Waals surface area contributed by atoms with Crippen LogP contribution in [0.3, 0.4) is 0 Å². The van der Waals surface area contributed by atoms with Crippen molar-refractivity contribution in [2.45, 2.75) is 20.3 Å². The van der Waals surface area contributed by atoms with Gasteiger partial charge in [-0.05, 0) is 44.0 Å². The summed E-state index contributed by atoms with van der Waals surface area (Å²) in [6.45, 7) is 5.11. The maximum absolute atomic E-state index is 5.53. The van der Waals surface area contributed by atoms with Crippen molar-refractivity contribution in [2.75, 3.05) is 33.2 Å². The molecule has 2 heterocycles. The largest absolute Gasteiger partial charge is 0.493 e. The fourth-order valence-corrected chi connectivity index (χ4v) is 3.84. The molecule has 146 valence electrons. The van der Waals surface area contributed by atoms with Gasteiger partial charge in [0.15, 0.2) is 11.5 Å². The third kappa shape index (κ3) is 2.85. The predicted octanol–water partition coefficient (Wildman–Crippen LogP) is 4.15. The summed E-state index contributed by atoms with van der Waals surface area (Å²) in [6.07, 6.45) is 0.923. The lowest BCUT2D eigenvalue weighted by molar-refractivity contribution is 0.324. The number of anilines is 1. The van der Waals surface area contributed by atoms with Gasteiger partial charge >= 0.3 is 0 Å². The summed E-state index contributed by atoms with van der Waals surface area (Å²) >= 11 is 0. The van der Waals surface area contributed by atoms with E-state index in [1.807, 2.05) is 16.8 Å². The number of aryl methyl sites for hydroxylation is 2. The second-order valence-electron chi connectivity index (χ2n) is 6.97. The molecule has 0 radical (unpaired) electrons. The van der Waals surface area contributed by atoms with Gasteiger partial charge in [-0.1, -0.05) is 17.7 Å². The molecule has 1 aliphatic rings. The van der Waals surface area contributed by atoms with Crippen molar-refractivity contribution in [3.63, 3.8) is 0 Å². The van der Waals surface area contributed by atoms with Gasteiger partial charge in [0, 0.05) is 17.7 Å². The Labute approximate surface area is 165 Å². The van der Waals surface area contributed by atoms with Gasteiger partial charge in [-0.3, -0.25) is 0 Å². The molecule has 0 atom stereocenters. The number of nitrogens with zero attached hydrogens (tertiary/aromatic N) is 2. The molecule has 4 rings (SSSR count). The van der Waals surface area contributed by atoms with Crippen molar-refractivity contribution in [1.82, 2.24) is 9.78 Å². The molecule has 28 heavy (non-hydrogen) atoms. The van der Waals surface area contributed by atoms with Crippen molar-refractivity contribution in [3.8, 4) is 34.2 Å². The number of fused-ring (bicyclic) bond motifs is 1. The smallest absolute Gasteiger partial charge is 0.203 e. The molecule has 0 spiro atoms. The lowest BCUT2D eigenvalue weighted by Crippen LogP contribution is -2.06. The van der Waals surface area contributed by atoms with Crippen LogP contribution in [0.4, 0.5) is 5.82 Å². The van der Waals surface area contributed by atoms with E-state index in [1.165, 1.54) is 16.7 Å². The standard InChI is InChI=1S/C22H25N3O3/c1-13-6-7-17(14(2)10-13)25-22-16(8-9-23-22)20(24-25)15-11-18(26-3)21(28-5)19(12-15)27-4/h6-7,10-12,23H,8-9H2,1-5H3. The fraction of sp³-hybridized carbons (Fsp3) is 0.318. The molecule has 0 saturated heterocycles. The Morgan fingerprint density at radius 3 is 2.29 bits per heavy atom. The van der Waals surface area contributed by atoms with E-state index in [0.29, 0.717) is 17.2 Å². The summed E-state index contributed by atoms with van der Waals surface area (Å²) in [7, 11) is 4.86. The Hall–Kier alpha value is -3.15. The van der Waals surface area contributed by atoms with Gasteiger partial charge in [0.25, 0.3) is 0 Å². The number of nitrogens with one attached hydrogen (secondary N) is 1. The van der Waals surface area contributed by atoms with Gasteiger partial charge in [0.1, 0.15) is 5.82 Å². The molecular formula is C22H25N3O3. The molecule has 1 aliphatic heterocycles. The van der Waals surface area contributed by atoms with Crippen LogP contribution in [-0.2, 0) is 6.42 Å². The van der Waals surface area contributed by atoms with E-state index in [1.54, 1.807) is 21.3 Å². The molecule has 0 unspecified atom stereocenters. The normalized spacial score (nSPS) is 12.5. The molecular weight excluding hydrogens is 354 g/mol. The Balaban J connectivity index is 1.91. The first kappa shape index (κ1) is 18.2. The molecule has 1 aromatic heterocycles. The Morgan fingerprint density at radius 2 is 1.68 bits per heavy atom. The maximum atomic E-state index is 5.53. The van der Waals surface area contributed by atoms with Crippen LogP contribution in [0.1, 0.15) is 16.7 Å². The Kier molecular flexibility index (Phi) is 4.63. The summed E-state index contributed by atoms with van der Waals surface area (Å²) in [5, 5.41) is 8.46. The highest BCUT2D eigenvalue weighted by molar-refractivity contribution is 5.76. The van der Waals surface area contributed by atoms with E-state index >= 15 is 0 Å². The molecule has 0 saturated carbocycles. The van der Waals surface area contributed by atoms with Gasteiger partial charge in [0.05, 0.1) is 32.7 Å². The SMILES string of the molecule is COc1cc(-c2nn(-c3ccc(C)cc3C)c3c2CCN3)cc(OC)c1OC. The molecule has 0 bridgehead atoms. The highest BCUT2D eigenvalue weighted by Crippen LogP contribution is 2.43. The molecule has 3 aromatic rings. The van der Waals surface area contributed by atoms with Crippen LogP contribution >= 0.6 is 0 Å². The third-order valence-electron chi connectivity index (χ3n) is 5.17. The zero-order valence-electron chi connectivity index (χ0n) is 16.9. The van der Waals surface area contributed by atoms with Crippen LogP contribution in [-0.4, -0.2) is 37.7 Å². The second-order valence-corrected chi connectivity index (χ2v) is 6.97. The lowest BCUT2D eigenvalue weighted by Gasteiger charge is -2.14. The van der Waals surface area contributed by atoms with E-state index in [2.05, 4.69) is 37.4 Å². The number of rotatable bonds is 5. The average Bonchev–Trinajstić information content (AvgIpc) is 3.30. The first-order valence-electron chi connectivity index (χ1n) is 9.31. The van der Waals surface area contributed by atoms with Gasteiger partial charge in [0.2, 0.25) is 5.75 Å². The van der Waals surface area contributed by atoms with Crippen molar-refractivity contribution in [1.29, 1.82) is 0 Å². The highest BCUT2D eigenvalue weighted by Gasteiger charge is 2.26. The summed E-state index contributed by atoms with van der Waals surface area (Å²) < 4.78 is 18.5. The zero-order chi connectivity index (χ0) is 19.8. The number of hydrogen-bond donors (Lipinski definition) is 1. The first-order chi connectivity index (χ1) is 13.6. The zero-order valence-corrected chi connectivity index (χ0v) is 16.9. The fourth-order valence-electron chi connectivity index (χ4n) is 3.84. The van der Waals surface area contributed by atoms with Gasteiger partial charge in [-0.2, -0.15) is 5.10 Å². The van der Waals surface area contributed by atoms with E-state index in [0.717, 1.165) is 35.7 Å². The van der Waals surface area contributed by atoms with Gasteiger partial charge < -0.3 is 19.5 Å². The third-order valence-corrected chi connectivity index (χ3v) is 5.17. The van der Waals surface area contributed by atoms with Crippen molar-refractivity contribution in [2.24, 2.45) is 0 Å². The Morgan fingerprint density at radius 1 is 0.964 bits per heavy atom. The topological polar surface area (TPSA) is 57.5 Å². The van der Waals surface area contributed by atoms with Crippen LogP contribution in [0.15, 0.2) is 30.3 Å². The molecule has 6 nitrogen and oxygen atoms in total. The maximum Gasteiger partial charge on any atom is 0.203 e. The van der Waals surface area contributed by atoms with Crippen molar-refractivity contribution >= 4 is 5.82 Å². The molecule has 2 aromatic carbocycles. The van der Waals surface area contributed by atoms with E-state index in [-0.39, 0.29) is 0 Å². The minimum atomic E-state index is 0.581. The van der Waals surface area contributed by atoms with Crippen LogP contribution in [0.2, 0.25) is 0 Å². The van der Waals surface area contributed by atoms with Gasteiger partial charge in [-0.15, -0.1) is 0 Å². The number of benzene rings is 2. The number of aromatic nitrogens is 2. The van der Waals surface area contributed by atoms with Gasteiger partial charge in [-0.25, -0.2) is 4.68 Å². The molecule has 6 heteroatoms. The van der Waals surface area contributed by atoms with Crippen molar-refractivity contribution in [3.05, 3.63) is 47.0 Å². The second kappa shape index (κ2) is 7.11. The predicted molar refractivity (Wildman–Crippen MR) is 110 cm³/mol. The summed E-state index contributed by atoms with van der Waals surface area (Å²) in [6, 6.07) is 10.3. The van der Waals surface area contributed by atoms with E-state index in [9.17, 15) is 0 Å². The van der Waals surface area contributed by atoms with Crippen LogP contribution < -0.4 is 19.5 Å². The number of hydrogen-bond acceptors (Lipinski definition) is 5. The summed E-state index contributed by atoms with van der Waals surface area (Å²) in [5.74, 6) is 2.88. The van der Waals surface area contributed by atoms with E-state index < -0.39 is 0 Å². The average molecular weight is 379 g/mol. The monoisotopic (exact) mass is 379 g/mol. The first-order valence-corrected chi connectivity index (χ1v) is 9.31.